The zero-order valence-electron chi connectivity index (χ0n) is 11.8. The molecule has 0 saturated heterocycles. The van der Waals surface area contributed by atoms with Gasteiger partial charge in [0.2, 0.25) is 0 Å². The van der Waals surface area contributed by atoms with E-state index in [1.807, 2.05) is 13.8 Å². The summed E-state index contributed by atoms with van der Waals surface area (Å²) in [5.41, 5.74) is 2.36. The summed E-state index contributed by atoms with van der Waals surface area (Å²) in [6.45, 7) is 6.58. The minimum absolute atomic E-state index is 0.214. The third-order valence-corrected chi connectivity index (χ3v) is 3.85. The van der Waals surface area contributed by atoms with Crippen LogP contribution in [-0.2, 0) is 6.42 Å². The zero-order valence-corrected chi connectivity index (χ0v) is 13.4. The monoisotopic (exact) mass is 337 g/mol. The highest BCUT2D eigenvalue weighted by molar-refractivity contribution is 9.10. The molecule has 2 rings (SSSR count). The van der Waals surface area contributed by atoms with E-state index in [0.717, 1.165) is 34.5 Å². The molecule has 0 aliphatic heterocycles. The fourth-order valence-corrected chi connectivity index (χ4v) is 2.52. The van der Waals surface area contributed by atoms with Gasteiger partial charge in [-0.2, -0.15) is 0 Å². The standard InChI is InChI=1S/C15H17BrFN3/c1-4-12-13(16)15(18-5-2)20-14(19-12)10-6-7-11(17)9(3)8-10/h6-8H,4-5H2,1-3H3,(H,18,19,20). The molecule has 0 radical (unpaired) electrons. The molecular weight excluding hydrogens is 321 g/mol. The average Bonchev–Trinajstić information content (AvgIpc) is 2.44. The highest BCUT2D eigenvalue weighted by Gasteiger charge is 2.12. The Morgan fingerprint density at radius 3 is 2.60 bits per heavy atom. The van der Waals surface area contributed by atoms with Gasteiger partial charge in [0.15, 0.2) is 5.82 Å². The van der Waals surface area contributed by atoms with Gasteiger partial charge in [-0.05, 0) is 60.0 Å². The number of hydrogen-bond donors (Lipinski definition) is 1. The molecule has 20 heavy (non-hydrogen) atoms. The predicted molar refractivity (Wildman–Crippen MR) is 83.4 cm³/mol. The molecule has 0 amide bonds. The first-order valence-electron chi connectivity index (χ1n) is 6.63. The quantitative estimate of drug-likeness (QED) is 0.901. The Kier molecular flexibility index (Phi) is 4.70. The summed E-state index contributed by atoms with van der Waals surface area (Å²) in [4.78, 5) is 9.07. The van der Waals surface area contributed by atoms with Gasteiger partial charge in [0.1, 0.15) is 11.6 Å². The number of aryl methyl sites for hydroxylation is 2. The number of halogens is 2. The maximum atomic E-state index is 13.4. The number of benzene rings is 1. The number of aromatic nitrogens is 2. The number of anilines is 1. The molecule has 0 spiro atoms. The summed E-state index contributed by atoms with van der Waals surface area (Å²) in [6.07, 6.45) is 0.800. The molecule has 3 nitrogen and oxygen atoms in total. The van der Waals surface area contributed by atoms with Gasteiger partial charge >= 0.3 is 0 Å². The molecule has 0 aliphatic rings. The minimum atomic E-state index is -0.214. The van der Waals surface area contributed by atoms with Crippen molar-refractivity contribution in [3.05, 3.63) is 39.7 Å². The summed E-state index contributed by atoms with van der Waals surface area (Å²) in [6, 6.07) is 4.93. The van der Waals surface area contributed by atoms with E-state index in [2.05, 4.69) is 31.2 Å². The topological polar surface area (TPSA) is 37.8 Å². The van der Waals surface area contributed by atoms with Crippen LogP contribution < -0.4 is 5.32 Å². The van der Waals surface area contributed by atoms with Gasteiger partial charge in [0.25, 0.3) is 0 Å². The lowest BCUT2D eigenvalue weighted by Gasteiger charge is -2.11. The fourth-order valence-electron chi connectivity index (χ4n) is 1.93. The van der Waals surface area contributed by atoms with Crippen molar-refractivity contribution in [2.24, 2.45) is 0 Å². The first-order valence-corrected chi connectivity index (χ1v) is 7.42. The molecule has 0 aliphatic carbocycles. The van der Waals surface area contributed by atoms with Gasteiger partial charge in [-0.1, -0.05) is 6.92 Å². The molecule has 106 valence electrons. The van der Waals surface area contributed by atoms with E-state index in [4.69, 9.17) is 0 Å². The lowest BCUT2D eigenvalue weighted by Crippen LogP contribution is -2.06. The van der Waals surface area contributed by atoms with Crippen molar-refractivity contribution in [2.75, 3.05) is 11.9 Å². The molecule has 0 fully saturated rings. The third kappa shape index (κ3) is 2.98. The van der Waals surface area contributed by atoms with Crippen LogP contribution in [-0.4, -0.2) is 16.5 Å². The van der Waals surface area contributed by atoms with Gasteiger partial charge < -0.3 is 5.32 Å². The zero-order chi connectivity index (χ0) is 14.7. The van der Waals surface area contributed by atoms with E-state index in [-0.39, 0.29) is 5.82 Å². The Hall–Kier alpha value is -1.49. The fraction of sp³-hybridized carbons (Fsp3) is 0.333. The Balaban J connectivity index is 2.55. The Labute approximate surface area is 126 Å². The molecule has 0 saturated carbocycles. The van der Waals surface area contributed by atoms with Gasteiger partial charge in [0.05, 0.1) is 10.2 Å². The van der Waals surface area contributed by atoms with Crippen LogP contribution >= 0.6 is 15.9 Å². The number of hydrogen-bond acceptors (Lipinski definition) is 3. The van der Waals surface area contributed by atoms with Crippen LogP contribution in [0, 0.1) is 12.7 Å². The summed E-state index contributed by atoms with van der Waals surface area (Å²) in [5.74, 6) is 1.17. The maximum Gasteiger partial charge on any atom is 0.161 e. The summed E-state index contributed by atoms with van der Waals surface area (Å²) in [7, 11) is 0. The van der Waals surface area contributed by atoms with Crippen LogP contribution in [0.15, 0.2) is 22.7 Å². The van der Waals surface area contributed by atoms with Gasteiger partial charge in [-0.15, -0.1) is 0 Å². The summed E-state index contributed by atoms with van der Waals surface area (Å²) >= 11 is 3.53. The average molecular weight is 338 g/mol. The molecule has 5 heteroatoms. The number of nitrogens with zero attached hydrogens (tertiary/aromatic N) is 2. The summed E-state index contributed by atoms with van der Waals surface area (Å²) < 4.78 is 14.3. The Morgan fingerprint density at radius 1 is 1.25 bits per heavy atom. The Bertz CT molecular complexity index is 629. The molecule has 2 aromatic rings. The predicted octanol–water partition coefficient (Wildman–Crippen LogP) is 4.35. The number of nitrogens with one attached hydrogen (secondary N) is 1. The first kappa shape index (κ1) is 14.9. The van der Waals surface area contributed by atoms with E-state index < -0.39 is 0 Å². The van der Waals surface area contributed by atoms with E-state index in [1.165, 1.54) is 6.07 Å². The van der Waals surface area contributed by atoms with Gasteiger partial charge in [-0.3, -0.25) is 0 Å². The highest BCUT2D eigenvalue weighted by Crippen LogP contribution is 2.28. The van der Waals surface area contributed by atoms with Crippen LogP contribution in [0.5, 0.6) is 0 Å². The third-order valence-electron chi connectivity index (χ3n) is 3.02. The van der Waals surface area contributed by atoms with Crippen LogP contribution in [0.1, 0.15) is 25.1 Å². The molecule has 1 aromatic heterocycles. The molecule has 0 bridgehead atoms. The molecule has 1 heterocycles. The van der Waals surface area contributed by atoms with Crippen molar-refractivity contribution in [3.8, 4) is 11.4 Å². The van der Waals surface area contributed by atoms with Crippen molar-refractivity contribution in [1.29, 1.82) is 0 Å². The van der Waals surface area contributed by atoms with E-state index in [1.54, 1.807) is 19.1 Å². The highest BCUT2D eigenvalue weighted by atomic mass is 79.9. The second kappa shape index (κ2) is 6.31. The molecular formula is C15H17BrFN3. The first-order chi connectivity index (χ1) is 9.56. The van der Waals surface area contributed by atoms with Crippen LogP contribution in [0.2, 0.25) is 0 Å². The molecule has 1 N–H and O–H groups in total. The normalized spacial score (nSPS) is 10.7. The lowest BCUT2D eigenvalue weighted by molar-refractivity contribution is 0.618. The lowest BCUT2D eigenvalue weighted by atomic mass is 10.1. The van der Waals surface area contributed by atoms with Crippen molar-refractivity contribution in [2.45, 2.75) is 27.2 Å². The number of rotatable bonds is 4. The Morgan fingerprint density at radius 2 is 2.00 bits per heavy atom. The largest absolute Gasteiger partial charge is 0.369 e. The van der Waals surface area contributed by atoms with Crippen molar-refractivity contribution in [1.82, 2.24) is 9.97 Å². The SMILES string of the molecule is CCNc1nc(-c2ccc(F)c(C)c2)nc(CC)c1Br. The van der Waals surface area contributed by atoms with Crippen LogP contribution in [0.25, 0.3) is 11.4 Å². The minimum Gasteiger partial charge on any atom is -0.369 e. The van der Waals surface area contributed by atoms with Crippen molar-refractivity contribution >= 4 is 21.7 Å². The van der Waals surface area contributed by atoms with Gasteiger partial charge in [0, 0.05) is 12.1 Å². The maximum absolute atomic E-state index is 13.4. The van der Waals surface area contributed by atoms with Gasteiger partial charge in [-0.25, -0.2) is 14.4 Å². The van der Waals surface area contributed by atoms with Crippen molar-refractivity contribution < 1.29 is 4.39 Å². The second-order valence-electron chi connectivity index (χ2n) is 4.50. The second-order valence-corrected chi connectivity index (χ2v) is 5.30. The smallest absolute Gasteiger partial charge is 0.161 e. The molecule has 0 unspecified atom stereocenters. The van der Waals surface area contributed by atoms with E-state index in [0.29, 0.717) is 11.4 Å². The molecule has 0 atom stereocenters. The van der Waals surface area contributed by atoms with E-state index >= 15 is 0 Å². The van der Waals surface area contributed by atoms with Crippen LogP contribution in [0.4, 0.5) is 10.2 Å². The summed E-state index contributed by atoms with van der Waals surface area (Å²) in [5, 5.41) is 3.21. The van der Waals surface area contributed by atoms with E-state index in [9.17, 15) is 4.39 Å². The van der Waals surface area contributed by atoms with Crippen molar-refractivity contribution in [3.63, 3.8) is 0 Å². The molecule has 1 aromatic carbocycles. The van der Waals surface area contributed by atoms with Crippen LogP contribution in [0.3, 0.4) is 0 Å².